The van der Waals surface area contributed by atoms with Crippen LogP contribution in [0.4, 0.5) is 0 Å². The fourth-order valence-electron chi connectivity index (χ4n) is 2.42. The van der Waals surface area contributed by atoms with Gasteiger partial charge in [0.1, 0.15) is 5.39 Å². The number of nitrogens with zero attached hydrogens (tertiary/aromatic N) is 2. The summed E-state index contributed by atoms with van der Waals surface area (Å²) < 4.78 is 7.46. The SMILES string of the molecule is CCCCn1c(C)c(C)c2c(=O)oc(CCC)nc21. The van der Waals surface area contributed by atoms with E-state index in [9.17, 15) is 4.79 Å². The molecule has 0 saturated heterocycles. The Bertz CT molecular complexity index is 638. The molecule has 4 heteroatoms. The van der Waals surface area contributed by atoms with Gasteiger partial charge in [-0.1, -0.05) is 20.3 Å². The standard InChI is InChI=1S/C15H22N2O2/c1-5-7-9-17-11(4)10(3)13-14(17)16-12(8-6-2)19-15(13)18/h5-9H2,1-4H3. The number of aromatic nitrogens is 2. The van der Waals surface area contributed by atoms with Gasteiger partial charge in [0.25, 0.3) is 0 Å². The lowest BCUT2D eigenvalue weighted by atomic mass is 10.2. The molecule has 0 saturated carbocycles. The summed E-state index contributed by atoms with van der Waals surface area (Å²) in [7, 11) is 0. The van der Waals surface area contributed by atoms with E-state index in [1.54, 1.807) is 0 Å². The zero-order valence-corrected chi connectivity index (χ0v) is 12.2. The van der Waals surface area contributed by atoms with Gasteiger partial charge in [-0.25, -0.2) is 4.79 Å². The summed E-state index contributed by atoms with van der Waals surface area (Å²) in [6.45, 7) is 9.15. The Labute approximate surface area is 113 Å². The molecule has 2 aromatic rings. The maximum Gasteiger partial charge on any atom is 0.348 e. The highest BCUT2D eigenvalue weighted by molar-refractivity contribution is 5.80. The molecule has 0 atom stereocenters. The molecule has 0 spiro atoms. The molecule has 0 aliphatic heterocycles. The van der Waals surface area contributed by atoms with E-state index in [-0.39, 0.29) is 5.63 Å². The molecule has 19 heavy (non-hydrogen) atoms. The average molecular weight is 262 g/mol. The van der Waals surface area contributed by atoms with Crippen molar-refractivity contribution in [3.05, 3.63) is 27.6 Å². The Balaban J connectivity index is 2.66. The van der Waals surface area contributed by atoms with Gasteiger partial charge < -0.3 is 8.98 Å². The molecule has 104 valence electrons. The van der Waals surface area contributed by atoms with Crippen molar-refractivity contribution in [1.82, 2.24) is 9.55 Å². The van der Waals surface area contributed by atoms with Crippen molar-refractivity contribution >= 4 is 11.0 Å². The highest BCUT2D eigenvalue weighted by atomic mass is 16.4. The van der Waals surface area contributed by atoms with Crippen LogP contribution < -0.4 is 5.63 Å². The largest absolute Gasteiger partial charge is 0.408 e. The lowest BCUT2D eigenvalue weighted by Gasteiger charge is -2.06. The van der Waals surface area contributed by atoms with E-state index in [1.807, 2.05) is 13.8 Å². The Hall–Kier alpha value is -1.58. The van der Waals surface area contributed by atoms with Crippen molar-refractivity contribution in [2.24, 2.45) is 0 Å². The van der Waals surface area contributed by atoms with Crippen molar-refractivity contribution in [3.63, 3.8) is 0 Å². The van der Waals surface area contributed by atoms with Gasteiger partial charge in [-0.3, -0.25) is 0 Å². The molecule has 0 aliphatic carbocycles. The predicted octanol–water partition coefficient (Wildman–Crippen LogP) is 3.36. The molecule has 0 fully saturated rings. The lowest BCUT2D eigenvalue weighted by Crippen LogP contribution is -2.07. The third-order valence-corrected chi connectivity index (χ3v) is 3.65. The van der Waals surface area contributed by atoms with Gasteiger partial charge in [-0.2, -0.15) is 4.98 Å². The fourth-order valence-corrected chi connectivity index (χ4v) is 2.42. The van der Waals surface area contributed by atoms with Crippen LogP contribution in [-0.4, -0.2) is 9.55 Å². The smallest absolute Gasteiger partial charge is 0.348 e. The number of hydrogen-bond acceptors (Lipinski definition) is 3. The highest BCUT2D eigenvalue weighted by Crippen LogP contribution is 2.22. The first kappa shape index (κ1) is 13.8. The van der Waals surface area contributed by atoms with Gasteiger partial charge in [-0.05, 0) is 32.3 Å². The van der Waals surface area contributed by atoms with Gasteiger partial charge in [0.2, 0.25) is 5.89 Å². The molecule has 2 aromatic heterocycles. The molecule has 2 rings (SSSR count). The van der Waals surface area contributed by atoms with Crippen molar-refractivity contribution in [3.8, 4) is 0 Å². The molecule has 0 aromatic carbocycles. The summed E-state index contributed by atoms with van der Waals surface area (Å²) in [6.07, 6.45) is 3.85. The summed E-state index contributed by atoms with van der Waals surface area (Å²) in [5.41, 5.74) is 2.67. The lowest BCUT2D eigenvalue weighted by molar-refractivity contribution is 0.440. The molecular weight excluding hydrogens is 240 g/mol. The van der Waals surface area contributed by atoms with Crippen molar-refractivity contribution in [2.45, 2.75) is 59.9 Å². The van der Waals surface area contributed by atoms with Crippen molar-refractivity contribution < 1.29 is 4.42 Å². The first-order valence-electron chi connectivity index (χ1n) is 7.09. The molecular formula is C15H22N2O2. The Morgan fingerprint density at radius 1 is 1.21 bits per heavy atom. The number of unbranched alkanes of at least 4 members (excludes halogenated alkanes) is 1. The third kappa shape index (κ3) is 2.44. The van der Waals surface area contributed by atoms with Crippen LogP contribution in [0.1, 0.15) is 50.3 Å². The molecule has 0 amide bonds. The molecule has 4 nitrogen and oxygen atoms in total. The summed E-state index contributed by atoms with van der Waals surface area (Å²) in [4.78, 5) is 16.7. The second-order valence-corrected chi connectivity index (χ2v) is 5.06. The molecule has 0 N–H and O–H groups in total. The van der Waals surface area contributed by atoms with Gasteiger partial charge in [-0.15, -0.1) is 0 Å². The van der Waals surface area contributed by atoms with E-state index in [0.29, 0.717) is 17.7 Å². The topological polar surface area (TPSA) is 48.0 Å². The van der Waals surface area contributed by atoms with Crippen LogP contribution in [0.15, 0.2) is 9.21 Å². The second-order valence-electron chi connectivity index (χ2n) is 5.06. The van der Waals surface area contributed by atoms with Crippen molar-refractivity contribution in [2.75, 3.05) is 0 Å². The zero-order chi connectivity index (χ0) is 14.0. The molecule has 2 heterocycles. The summed E-state index contributed by atoms with van der Waals surface area (Å²) in [5.74, 6) is 0.551. The van der Waals surface area contributed by atoms with Gasteiger partial charge in [0.05, 0.1) is 0 Å². The number of rotatable bonds is 5. The van der Waals surface area contributed by atoms with Crippen LogP contribution in [0.2, 0.25) is 0 Å². The van der Waals surface area contributed by atoms with Crippen LogP contribution in [0.25, 0.3) is 11.0 Å². The van der Waals surface area contributed by atoms with Crippen LogP contribution in [-0.2, 0) is 13.0 Å². The predicted molar refractivity (Wildman–Crippen MR) is 76.6 cm³/mol. The molecule has 0 unspecified atom stereocenters. The summed E-state index contributed by atoms with van der Waals surface area (Å²) in [5, 5.41) is 0.647. The van der Waals surface area contributed by atoms with Gasteiger partial charge in [0.15, 0.2) is 5.65 Å². The van der Waals surface area contributed by atoms with E-state index in [1.165, 1.54) is 0 Å². The molecule has 0 aliphatic rings. The number of hydrogen-bond donors (Lipinski definition) is 0. The van der Waals surface area contributed by atoms with Crippen LogP contribution in [0.5, 0.6) is 0 Å². The van der Waals surface area contributed by atoms with E-state index in [2.05, 4.69) is 23.4 Å². The van der Waals surface area contributed by atoms with Crippen LogP contribution >= 0.6 is 0 Å². The van der Waals surface area contributed by atoms with Gasteiger partial charge >= 0.3 is 5.63 Å². The quantitative estimate of drug-likeness (QED) is 0.830. The number of fused-ring (bicyclic) bond motifs is 1. The fraction of sp³-hybridized carbons (Fsp3) is 0.600. The maximum atomic E-state index is 12.1. The first-order valence-corrected chi connectivity index (χ1v) is 7.09. The molecule has 0 radical (unpaired) electrons. The summed E-state index contributed by atoms with van der Waals surface area (Å²) in [6, 6.07) is 0. The highest BCUT2D eigenvalue weighted by Gasteiger charge is 2.17. The van der Waals surface area contributed by atoms with E-state index >= 15 is 0 Å². The Morgan fingerprint density at radius 3 is 2.58 bits per heavy atom. The normalized spacial score (nSPS) is 11.4. The van der Waals surface area contributed by atoms with Crippen molar-refractivity contribution in [1.29, 1.82) is 0 Å². The average Bonchev–Trinajstić information content (AvgIpc) is 2.61. The van der Waals surface area contributed by atoms with Crippen LogP contribution in [0.3, 0.4) is 0 Å². The van der Waals surface area contributed by atoms with E-state index in [4.69, 9.17) is 4.42 Å². The third-order valence-electron chi connectivity index (χ3n) is 3.65. The Kier molecular flexibility index (Phi) is 4.08. The maximum absolute atomic E-state index is 12.1. The minimum absolute atomic E-state index is 0.246. The van der Waals surface area contributed by atoms with E-state index in [0.717, 1.165) is 42.7 Å². The monoisotopic (exact) mass is 262 g/mol. The van der Waals surface area contributed by atoms with Gasteiger partial charge in [0, 0.05) is 18.7 Å². The minimum Gasteiger partial charge on any atom is -0.408 e. The summed E-state index contributed by atoms with van der Waals surface area (Å²) >= 11 is 0. The first-order chi connectivity index (χ1) is 9.10. The van der Waals surface area contributed by atoms with Crippen LogP contribution in [0, 0.1) is 13.8 Å². The second kappa shape index (κ2) is 5.59. The Morgan fingerprint density at radius 2 is 1.95 bits per heavy atom. The van der Waals surface area contributed by atoms with E-state index < -0.39 is 0 Å². The minimum atomic E-state index is -0.246. The zero-order valence-electron chi connectivity index (χ0n) is 12.2. The number of aryl methyl sites for hydroxylation is 3. The molecule has 0 bridgehead atoms.